The Bertz CT molecular complexity index is 6740. The van der Waals surface area contributed by atoms with Crippen LogP contribution in [-0.4, -0.2) is 145 Å². The van der Waals surface area contributed by atoms with Crippen molar-refractivity contribution >= 4 is 121 Å². The number of aromatic nitrogens is 21. The fraction of sp³-hybridized carbons (Fsp3) is 0.333. The number of fused-ring (bicyclic) bond motifs is 3. The van der Waals surface area contributed by atoms with Crippen LogP contribution in [0.15, 0.2) is 162 Å². The van der Waals surface area contributed by atoms with Crippen LogP contribution in [0.3, 0.4) is 0 Å². The third-order valence-corrected chi connectivity index (χ3v) is 28.7. The monoisotopic (exact) mass is 1900 g/mol. The highest BCUT2D eigenvalue weighted by Gasteiger charge is 2.33. The lowest BCUT2D eigenvalue weighted by molar-refractivity contribution is 0.315. The molecule has 12 aromatic heterocycles. The standard InChI is InChI=1S/2C30H30ClFN8O2S.C25H27FN6O2S.C5H4Cl2N2/c1-17-7-9-22(10-8-17)43(41,42)40-15-24(23-14-33-16-34-29(23)40)28-36-19(3)27(32)25(38-28)13-20-5-4-6-21(12-20)37-26-11-18(2)35-30(31)39-26;1-17-7-9-22(10-8-17)43(41,42)40-15-24(23-14-33-16-34-29(23)40)28-36-19(3)27(32)25(38-28)13-20-5-4-6-21(12-20)37-30-35-18(2)11-26(31)39-30;1-15-6-8-19(9-7-15)35(33,34)32-13-21(20-12-28-14-29-25(20)32)24-30-16(2)23(26)22(31-24)11-17-4-3-5-18(27)10-17;1-3-2-4(6)9-5(7)8-3/h2*7-11,14-16,20-21H,4-6,12-13H2,1-3H3,(H,35,37,39);6-9,12-14,17-18H,3-5,10-11,27H2,1-2H3;2H,1H3/t2*20-,21+;17-,18+;/m111./s1. The number of hydrogen-bond acceptors (Lipinski definition) is 27. The predicted octanol–water partition coefficient (Wildman–Crippen LogP) is 17.7. The molecule has 0 aliphatic heterocycles. The third-order valence-electron chi connectivity index (χ3n) is 23.0. The molecule has 6 atom stereocenters. The number of anilines is 2. The largest absolute Gasteiger partial charge is 0.367 e. The molecule has 3 fully saturated rings. The Morgan fingerprint density at radius 3 is 1.08 bits per heavy atom. The van der Waals surface area contributed by atoms with Crippen LogP contribution in [-0.2, 0) is 49.3 Å². The maximum absolute atomic E-state index is 15.4. The van der Waals surface area contributed by atoms with Gasteiger partial charge in [-0.3, -0.25) is 0 Å². The second-order valence-electron chi connectivity index (χ2n) is 33.0. The quantitative estimate of drug-likeness (QED) is 0.0500. The number of nitrogens with zero attached hydrogens (tertiary/aromatic N) is 21. The highest BCUT2D eigenvalue weighted by molar-refractivity contribution is 7.90. The van der Waals surface area contributed by atoms with Crippen molar-refractivity contribution in [1.29, 1.82) is 0 Å². The SMILES string of the molecule is Cc1cc(Cl)nc(Cl)n1.Cc1ccc(S(=O)(=O)n2cc(-c3nc(C)c(F)c(C[C@@H]4CCC[C@H](N)C4)n3)c3cncnc32)cc1.Cc1ccc(S(=O)(=O)n2cc(-c3nc(C)c(F)c(C[C@@H]4CCC[C@H](Nc5cc(C)nc(Cl)n5)C4)n3)c3cncnc32)cc1.Cc1ccc(S(=O)(=O)n2cc(-c3nc(C)c(F)c(C[C@@H]4CCC[C@H](Nc5nc(C)cc(Cl)n5)C4)n3)c3cncnc32)cc1. The molecule has 18 rings (SSSR count). The molecule has 4 N–H and O–H groups in total. The van der Waals surface area contributed by atoms with Crippen molar-refractivity contribution in [1.82, 2.24) is 102 Å². The molecule has 0 saturated heterocycles. The number of benzene rings is 3. The molecular weight excluding hydrogens is 1810 g/mol. The topological polar surface area (TPSA) is 399 Å². The van der Waals surface area contributed by atoms with E-state index in [9.17, 15) is 25.3 Å². The van der Waals surface area contributed by atoms with Gasteiger partial charge in [-0.25, -0.2) is 140 Å². The number of nitrogens with two attached hydrogens (primary N) is 1. The van der Waals surface area contributed by atoms with Gasteiger partial charge in [-0.05, 0) is 229 Å². The van der Waals surface area contributed by atoms with Crippen molar-refractivity contribution in [3.63, 3.8) is 0 Å². The van der Waals surface area contributed by atoms with Crippen molar-refractivity contribution in [3.8, 4) is 34.2 Å². The molecule has 674 valence electrons. The molecule has 12 heterocycles. The van der Waals surface area contributed by atoms with Crippen LogP contribution in [0.1, 0.15) is 145 Å². The van der Waals surface area contributed by atoms with Gasteiger partial charge in [0.2, 0.25) is 16.5 Å². The van der Waals surface area contributed by atoms with Gasteiger partial charge in [0.25, 0.3) is 30.1 Å². The molecule has 0 amide bonds. The summed E-state index contributed by atoms with van der Waals surface area (Å²) in [6.45, 7) is 16.0. The molecule has 3 aliphatic rings. The normalized spacial score (nSPS) is 17.2. The van der Waals surface area contributed by atoms with E-state index in [1.807, 2.05) is 40.7 Å². The Labute approximate surface area is 769 Å². The predicted molar refractivity (Wildman–Crippen MR) is 491 cm³/mol. The van der Waals surface area contributed by atoms with Gasteiger partial charge in [0, 0.05) is 111 Å². The van der Waals surface area contributed by atoms with Crippen molar-refractivity contribution in [2.24, 2.45) is 23.5 Å². The molecule has 3 aliphatic carbocycles. The Kier molecular flexibility index (Phi) is 28.3. The van der Waals surface area contributed by atoms with Gasteiger partial charge in [-0.1, -0.05) is 95.6 Å². The molecule has 0 bridgehead atoms. The van der Waals surface area contributed by atoms with Crippen LogP contribution in [0.5, 0.6) is 0 Å². The van der Waals surface area contributed by atoms with Crippen LogP contribution in [0.2, 0.25) is 20.9 Å². The molecule has 0 unspecified atom stereocenters. The van der Waals surface area contributed by atoms with Crippen LogP contribution >= 0.6 is 46.4 Å². The summed E-state index contributed by atoms with van der Waals surface area (Å²) in [6.07, 6.45) is 25.2. The highest BCUT2D eigenvalue weighted by atomic mass is 35.5. The van der Waals surface area contributed by atoms with Crippen molar-refractivity contribution < 1.29 is 38.4 Å². The minimum absolute atomic E-state index is 0.115. The van der Waals surface area contributed by atoms with Crippen LogP contribution in [0.4, 0.5) is 24.9 Å². The maximum atomic E-state index is 15.4. The summed E-state index contributed by atoms with van der Waals surface area (Å²) < 4.78 is 131. The Morgan fingerprint density at radius 2 is 0.731 bits per heavy atom. The molecule has 40 heteroatoms. The Balaban J connectivity index is 0.000000143. The number of hydrogen-bond donors (Lipinski definition) is 3. The van der Waals surface area contributed by atoms with E-state index < -0.39 is 47.5 Å². The summed E-state index contributed by atoms with van der Waals surface area (Å²) in [5, 5.41) is 9.38. The van der Waals surface area contributed by atoms with E-state index in [0.29, 0.717) is 91.3 Å². The van der Waals surface area contributed by atoms with Gasteiger partial charge in [0.15, 0.2) is 51.9 Å². The Hall–Kier alpha value is -11.6. The van der Waals surface area contributed by atoms with Crippen molar-refractivity contribution in [3.05, 3.63) is 253 Å². The summed E-state index contributed by atoms with van der Waals surface area (Å²) in [5.74, 6) is 1.10. The van der Waals surface area contributed by atoms with E-state index in [1.165, 1.54) is 56.2 Å². The number of halogens is 7. The van der Waals surface area contributed by atoms with E-state index in [-0.39, 0.29) is 113 Å². The molecule has 0 radical (unpaired) electrons. The van der Waals surface area contributed by atoms with Gasteiger partial charge in [0.1, 0.15) is 35.1 Å². The lowest BCUT2D eigenvalue weighted by Gasteiger charge is -2.30. The highest BCUT2D eigenvalue weighted by Crippen LogP contribution is 2.39. The first-order valence-corrected chi connectivity index (χ1v) is 47.9. The number of rotatable bonds is 19. The zero-order valence-corrected chi connectivity index (χ0v) is 77.7. The fourth-order valence-corrected chi connectivity index (χ4v) is 21.6. The lowest BCUT2D eigenvalue weighted by atomic mass is 9.83. The average Bonchev–Trinajstić information content (AvgIpc) is 1.60. The Morgan fingerprint density at radius 1 is 0.392 bits per heavy atom. The average molecular weight is 1900 g/mol. The van der Waals surface area contributed by atoms with Gasteiger partial charge >= 0.3 is 0 Å². The van der Waals surface area contributed by atoms with E-state index in [0.717, 1.165) is 123 Å². The van der Waals surface area contributed by atoms with E-state index in [4.69, 9.17) is 52.1 Å². The summed E-state index contributed by atoms with van der Waals surface area (Å²) >= 11 is 23.1. The van der Waals surface area contributed by atoms with E-state index >= 15 is 13.2 Å². The second kappa shape index (κ2) is 39.6. The van der Waals surface area contributed by atoms with Gasteiger partial charge in [0.05, 0.1) is 48.9 Å². The molecule has 130 heavy (non-hydrogen) atoms. The zero-order chi connectivity index (χ0) is 92.2. The molecule has 0 spiro atoms. The molecular formula is C90H91Cl4F3N24O6S3. The van der Waals surface area contributed by atoms with Crippen LogP contribution in [0.25, 0.3) is 67.3 Å². The number of nitrogens with one attached hydrogen (secondary N) is 2. The minimum Gasteiger partial charge on any atom is -0.367 e. The summed E-state index contributed by atoms with van der Waals surface area (Å²) in [7, 11) is -11.9. The first kappa shape index (κ1) is 93.1. The molecule has 30 nitrogen and oxygen atoms in total. The summed E-state index contributed by atoms with van der Waals surface area (Å²) in [6, 6.07) is 25.4. The second-order valence-corrected chi connectivity index (χ2v) is 39.9. The van der Waals surface area contributed by atoms with E-state index in [2.05, 4.69) is 100 Å². The van der Waals surface area contributed by atoms with Crippen molar-refractivity contribution in [2.45, 2.75) is 191 Å². The molecule has 3 saturated carbocycles. The van der Waals surface area contributed by atoms with Gasteiger partial charge in [-0.15, -0.1) is 0 Å². The van der Waals surface area contributed by atoms with Gasteiger partial charge in [-0.2, -0.15) is 0 Å². The van der Waals surface area contributed by atoms with Crippen molar-refractivity contribution in [2.75, 3.05) is 10.6 Å². The summed E-state index contributed by atoms with van der Waals surface area (Å²) in [4.78, 5) is 77.1. The lowest BCUT2D eigenvalue weighted by Crippen LogP contribution is -2.29. The first-order valence-electron chi connectivity index (χ1n) is 42.1. The number of aryl methyl sites for hydroxylation is 9. The first-order chi connectivity index (χ1) is 62.1. The smallest absolute Gasteiger partial charge is 0.269 e. The van der Waals surface area contributed by atoms with Crippen LogP contribution < -0.4 is 16.4 Å². The maximum Gasteiger partial charge on any atom is 0.269 e. The molecule has 15 aromatic rings. The van der Waals surface area contributed by atoms with Gasteiger partial charge < -0.3 is 16.4 Å². The minimum atomic E-state index is -3.99. The van der Waals surface area contributed by atoms with E-state index in [1.54, 1.807) is 113 Å². The summed E-state index contributed by atoms with van der Waals surface area (Å²) in [5.41, 5.74) is 14.6. The molecule has 3 aromatic carbocycles. The zero-order valence-electron chi connectivity index (χ0n) is 72.2. The fourth-order valence-electron chi connectivity index (χ4n) is 16.6. The third kappa shape index (κ3) is 21.3. The van der Waals surface area contributed by atoms with Crippen LogP contribution in [0, 0.1) is 97.5 Å².